The third-order valence-corrected chi connectivity index (χ3v) is 15.2. The van der Waals surface area contributed by atoms with Gasteiger partial charge in [-0.15, -0.1) is 0 Å². The number of carbonyl (C=O) groups excluding carboxylic acids is 1. The summed E-state index contributed by atoms with van der Waals surface area (Å²) in [6.07, 6.45) is 37.5. The van der Waals surface area contributed by atoms with Gasteiger partial charge in [-0.2, -0.15) is 0 Å². The van der Waals surface area contributed by atoms with Crippen LogP contribution in [0.4, 0.5) is 0 Å². The molecule has 2 heterocycles. The first-order valence-electron chi connectivity index (χ1n) is 30.6. The van der Waals surface area contributed by atoms with Crippen molar-refractivity contribution in [1.29, 1.82) is 0 Å². The monoisotopic (exact) mass is 1060 g/mol. The van der Waals surface area contributed by atoms with E-state index in [2.05, 4.69) is 43.5 Å². The fraction of sp³-hybridized carbons (Fsp3) is 0.917. The number of carbonyl (C=O) groups is 1. The molecule has 0 saturated carbocycles. The molecule has 2 rings (SSSR count). The van der Waals surface area contributed by atoms with Crippen molar-refractivity contribution in [2.24, 2.45) is 0 Å². The second kappa shape index (κ2) is 46.4. The van der Waals surface area contributed by atoms with Gasteiger partial charge in [0.05, 0.1) is 32.0 Å². The Balaban J connectivity index is 1.72. The molecule has 0 aliphatic carbocycles. The Labute approximate surface area is 449 Å². The number of nitrogens with one attached hydrogen (secondary N) is 1. The van der Waals surface area contributed by atoms with Gasteiger partial charge in [0, 0.05) is 6.42 Å². The quantitative estimate of drug-likeness (QED) is 0.0204. The number of ether oxygens (including phenoxy) is 4. The lowest BCUT2D eigenvalue weighted by Crippen LogP contribution is -2.65. The summed E-state index contributed by atoms with van der Waals surface area (Å²) in [4.78, 5) is 13.2. The van der Waals surface area contributed by atoms with E-state index < -0.39 is 86.8 Å². The second-order valence-corrected chi connectivity index (χ2v) is 21.8. The van der Waals surface area contributed by atoms with Crippen LogP contribution in [0.3, 0.4) is 0 Å². The average Bonchev–Trinajstić information content (AvgIpc) is 3.40. The van der Waals surface area contributed by atoms with Gasteiger partial charge in [0.1, 0.15) is 48.8 Å². The van der Waals surface area contributed by atoms with E-state index in [1.54, 1.807) is 0 Å². The smallest absolute Gasteiger partial charge is 0.220 e. The van der Waals surface area contributed by atoms with Crippen LogP contribution in [-0.2, 0) is 23.7 Å². The van der Waals surface area contributed by atoms with Crippen molar-refractivity contribution in [2.45, 2.75) is 331 Å². The van der Waals surface area contributed by atoms with Gasteiger partial charge in [-0.05, 0) is 44.9 Å². The Kier molecular flexibility index (Phi) is 43.0. The molecule has 0 bridgehead atoms. The Morgan fingerprint density at radius 1 is 0.486 bits per heavy atom. The maximum Gasteiger partial charge on any atom is 0.220 e. The van der Waals surface area contributed by atoms with Crippen LogP contribution in [0.25, 0.3) is 0 Å². The van der Waals surface area contributed by atoms with Gasteiger partial charge in [0.15, 0.2) is 12.6 Å². The lowest BCUT2D eigenvalue weighted by atomic mass is 9.97. The summed E-state index contributed by atoms with van der Waals surface area (Å²) in [6.45, 7) is 2.85. The standard InChI is InChI=1S/C60H113NO13/c1-3-5-7-9-11-13-15-17-19-20-21-22-23-24-25-26-27-28-30-31-33-35-37-39-41-43-49(64)48(61-52(65)44-42-40-38-36-34-32-29-18-16-14-12-10-8-6-4-2)47-71-59-57(70)55(68)58(51(46-63)73-59)74-60-56(69)54(67)53(66)50(45-62)72-60/h12,14,18,29,48-51,53-60,62-64,66-70H,3-11,13,15-17,19-28,30-47H2,1-2H3,(H,61,65)/b14-12-,29-18-. The topological polar surface area (TPSA) is 228 Å². The van der Waals surface area contributed by atoms with Gasteiger partial charge in [0.25, 0.3) is 0 Å². The largest absolute Gasteiger partial charge is 0.394 e. The fourth-order valence-electron chi connectivity index (χ4n) is 10.2. The molecule has 0 aromatic carbocycles. The number of hydrogen-bond acceptors (Lipinski definition) is 13. The molecule has 12 atom stereocenters. The average molecular weight is 1060 g/mol. The van der Waals surface area contributed by atoms with Gasteiger partial charge in [-0.1, -0.05) is 231 Å². The fourth-order valence-corrected chi connectivity index (χ4v) is 10.2. The highest BCUT2D eigenvalue weighted by atomic mass is 16.7. The molecule has 74 heavy (non-hydrogen) atoms. The predicted octanol–water partition coefficient (Wildman–Crippen LogP) is 10.4. The Morgan fingerprint density at radius 3 is 1.38 bits per heavy atom. The highest BCUT2D eigenvalue weighted by Crippen LogP contribution is 2.30. The zero-order chi connectivity index (χ0) is 53.9. The minimum absolute atomic E-state index is 0.218. The molecule has 9 N–H and O–H groups in total. The van der Waals surface area contributed by atoms with E-state index in [0.29, 0.717) is 12.8 Å². The SMILES string of the molecule is CCCCC/C=C\C/C=C\CCCCCCCC(=O)NC(COC1OC(CO)C(OC2OC(CO)C(O)C(O)C2O)C(O)C1O)C(O)CCCCCCCCCCCCCCCCCCCCCCCCCCC. The third-order valence-electron chi connectivity index (χ3n) is 15.2. The first kappa shape index (κ1) is 68.6. The minimum atomic E-state index is -1.78. The van der Waals surface area contributed by atoms with Crippen molar-refractivity contribution >= 4 is 5.91 Å². The van der Waals surface area contributed by atoms with Gasteiger partial charge in [0.2, 0.25) is 5.91 Å². The Morgan fingerprint density at radius 2 is 0.892 bits per heavy atom. The van der Waals surface area contributed by atoms with Crippen LogP contribution in [0.5, 0.6) is 0 Å². The van der Waals surface area contributed by atoms with Gasteiger partial charge in [-0.25, -0.2) is 0 Å². The predicted molar refractivity (Wildman–Crippen MR) is 295 cm³/mol. The molecule has 2 aliphatic heterocycles. The molecule has 12 unspecified atom stereocenters. The van der Waals surface area contributed by atoms with Crippen LogP contribution in [-0.4, -0.2) is 140 Å². The molecule has 14 nitrogen and oxygen atoms in total. The summed E-state index contributed by atoms with van der Waals surface area (Å²) in [7, 11) is 0. The number of allylic oxidation sites excluding steroid dienone is 4. The molecule has 2 fully saturated rings. The van der Waals surface area contributed by atoms with Crippen LogP contribution < -0.4 is 5.32 Å². The maximum atomic E-state index is 13.2. The van der Waals surface area contributed by atoms with Crippen LogP contribution in [0.15, 0.2) is 24.3 Å². The summed E-state index contributed by atoms with van der Waals surface area (Å²) in [5.41, 5.74) is 0. The van der Waals surface area contributed by atoms with Crippen molar-refractivity contribution in [3.8, 4) is 0 Å². The molecule has 2 saturated heterocycles. The summed E-state index contributed by atoms with van der Waals surface area (Å²) in [5.74, 6) is -0.218. The summed E-state index contributed by atoms with van der Waals surface area (Å²) in [6, 6.07) is -0.835. The van der Waals surface area contributed by atoms with E-state index in [0.717, 1.165) is 70.6 Å². The van der Waals surface area contributed by atoms with E-state index >= 15 is 0 Å². The molecule has 0 radical (unpaired) electrons. The Bertz CT molecular complexity index is 1340. The molecule has 0 aromatic rings. The molecule has 436 valence electrons. The van der Waals surface area contributed by atoms with Crippen molar-refractivity contribution in [3.05, 3.63) is 24.3 Å². The zero-order valence-corrected chi connectivity index (χ0v) is 46.8. The number of rotatable bonds is 49. The van der Waals surface area contributed by atoms with Gasteiger partial charge in [-0.3, -0.25) is 4.79 Å². The summed E-state index contributed by atoms with van der Waals surface area (Å²) < 4.78 is 22.8. The minimum Gasteiger partial charge on any atom is -0.394 e. The van der Waals surface area contributed by atoms with Crippen LogP contribution in [0.2, 0.25) is 0 Å². The number of hydrogen-bond donors (Lipinski definition) is 9. The van der Waals surface area contributed by atoms with Crippen LogP contribution in [0, 0.1) is 0 Å². The highest BCUT2D eigenvalue weighted by Gasteiger charge is 2.51. The van der Waals surface area contributed by atoms with Gasteiger partial charge >= 0.3 is 0 Å². The summed E-state index contributed by atoms with van der Waals surface area (Å²) in [5, 5.41) is 87.3. The van der Waals surface area contributed by atoms with E-state index in [9.17, 15) is 45.6 Å². The van der Waals surface area contributed by atoms with E-state index in [1.165, 1.54) is 154 Å². The first-order valence-corrected chi connectivity index (χ1v) is 30.6. The normalized spacial score (nSPS) is 25.3. The molecule has 0 spiro atoms. The molecular weight excluding hydrogens is 943 g/mol. The second-order valence-electron chi connectivity index (χ2n) is 21.8. The number of amides is 1. The van der Waals surface area contributed by atoms with Crippen molar-refractivity contribution in [1.82, 2.24) is 5.32 Å². The van der Waals surface area contributed by atoms with Crippen molar-refractivity contribution in [2.75, 3.05) is 19.8 Å². The summed E-state index contributed by atoms with van der Waals surface area (Å²) >= 11 is 0. The van der Waals surface area contributed by atoms with E-state index in [-0.39, 0.29) is 18.9 Å². The van der Waals surface area contributed by atoms with Crippen molar-refractivity contribution < 1.29 is 64.6 Å². The van der Waals surface area contributed by atoms with Crippen LogP contribution >= 0.6 is 0 Å². The first-order chi connectivity index (χ1) is 36.1. The van der Waals surface area contributed by atoms with E-state index in [1.807, 2.05) is 0 Å². The molecular formula is C60H113NO13. The molecule has 1 amide bonds. The van der Waals surface area contributed by atoms with Crippen LogP contribution in [0.1, 0.15) is 258 Å². The number of aliphatic hydroxyl groups is 8. The third kappa shape index (κ3) is 31.8. The maximum absolute atomic E-state index is 13.2. The molecule has 0 aromatic heterocycles. The highest BCUT2D eigenvalue weighted by molar-refractivity contribution is 5.76. The molecule has 2 aliphatic rings. The molecule has 14 heteroatoms. The number of aliphatic hydroxyl groups excluding tert-OH is 8. The zero-order valence-electron chi connectivity index (χ0n) is 46.8. The van der Waals surface area contributed by atoms with E-state index in [4.69, 9.17) is 18.9 Å². The lowest BCUT2D eigenvalue weighted by Gasteiger charge is -2.46. The Hall–Kier alpha value is -1.53. The lowest BCUT2D eigenvalue weighted by molar-refractivity contribution is -0.359. The van der Waals surface area contributed by atoms with Crippen molar-refractivity contribution in [3.63, 3.8) is 0 Å². The number of unbranched alkanes of at least 4 members (excludes halogenated alkanes) is 32. The van der Waals surface area contributed by atoms with Gasteiger partial charge < -0.3 is 65.1 Å².